The van der Waals surface area contributed by atoms with E-state index in [0.717, 1.165) is 22.7 Å². The Morgan fingerprint density at radius 3 is 2.78 bits per heavy atom. The minimum atomic E-state index is -0.899. The number of carboxylic acids is 1. The lowest BCUT2D eigenvalue weighted by Gasteiger charge is -1.93. The number of nitrogens with zero attached hydrogens (tertiary/aromatic N) is 3. The zero-order valence-corrected chi connectivity index (χ0v) is 11.4. The fourth-order valence-corrected chi connectivity index (χ4v) is 2.86. The van der Waals surface area contributed by atoms with Gasteiger partial charge in [-0.1, -0.05) is 13.3 Å². The molecule has 5 nitrogen and oxygen atoms in total. The summed E-state index contributed by atoms with van der Waals surface area (Å²) in [5.74, 6) is -0.899. The third-order valence-corrected chi connectivity index (χ3v) is 3.74. The molecule has 0 spiro atoms. The molecule has 2 rings (SSSR count). The maximum Gasteiger partial charge on any atom is 0.347 e. The van der Waals surface area contributed by atoms with Gasteiger partial charge in [0, 0.05) is 13.2 Å². The number of thiazole rings is 1. The first kappa shape index (κ1) is 12.8. The SMILES string of the molecule is CCCc1nc(-c2cn(C)nc2C)sc1C(=O)O. The van der Waals surface area contributed by atoms with Gasteiger partial charge in [0.1, 0.15) is 9.88 Å². The summed E-state index contributed by atoms with van der Waals surface area (Å²) < 4.78 is 1.71. The van der Waals surface area contributed by atoms with E-state index in [1.54, 1.807) is 4.68 Å². The zero-order chi connectivity index (χ0) is 13.3. The van der Waals surface area contributed by atoms with E-state index in [4.69, 9.17) is 0 Å². The van der Waals surface area contributed by atoms with Gasteiger partial charge in [0.25, 0.3) is 0 Å². The maximum absolute atomic E-state index is 11.2. The van der Waals surface area contributed by atoms with Gasteiger partial charge in [-0.2, -0.15) is 5.10 Å². The number of rotatable bonds is 4. The van der Waals surface area contributed by atoms with Crippen molar-refractivity contribution < 1.29 is 9.90 Å². The summed E-state index contributed by atoms with van der Waals surface area (Å²) in [4.78, 5) is 16.0. The molecule has 0 unspecified atom stereocenters. The standard InChI is InChI=1S/C12H15N3O2S/c1-4-5-9-10(12(16)17)18-11(13-9)8-6-15(3)14-7(8)2/h6H,4-5H2,1-3H3,(H,16,17). The van der Waals surface area contributed by atoms with Gasteiger partial charge < -0.3 is 5.11 Å². The first-order valence-electron chi connectivity index (χ1n) is 5.76. The van der Waals surface area contributed by atoms with Crippen LogP contribution in [0.2, 0.25) is 0 Å². The molecule has 0 radical (unpaired) electrons. The number of aromatic carboxylic acids is 1. The van der Waals surface area contributed by atoms with Crippen LogP contribution >= 0.6 is 11.3 Å². The predicted molar refractivity (Wildman–Crippen MR) is 70.0 cm³/mol. The Morgan fingerprint density at radius 1 is 1.56 bits per heavy atom. The predicted octanol–water partition coefficient (Wildman–Crippen LogP) is 2.50. The molecule has 96 valence electrons. The van der Waals surface area contributed by atoms with Crippen LogP contribution in [0.4, 0.5) is 0 Å². The van der Waals surface area contributed by atoms with E-state index >= 15 is 0 Å². The van der Waals surface area contributed by atoms with Gasteiger partial charge in [-0.25, -0.2) is 9.78 Å². The molecule has 0 aliphatic carbocycles. The topological polar surface area (TPSA) is 68.0 Å². The average Bonchev–Trinajstić information content (AvgIpc) is 2.83. The average molecular weight is 265 g/mol. The van der Waals surface area contributed by atoms with Crippen molar-refractivity contribution in [3.8, 4) is 10.6 Å². The van der Waals surface area contributed by atoms with Crippen LogP contribution in [0, 0.1) is 6.92 Å². The minimum absolute atomic E-state index is 0.343. The number of carbonyl (C=O) groups is 1. The number of aromatic nitrogens is 3. The van der Waals surface area contributed by atoms with Crippen LogP contribution in [-0.2, 0) is 13.5 Å². The summed E-state index contributed by atoms with van der Waals surface area (Å²) in [6.45, 7) is 3.91. The molecule has 0 atom stereocenters. The molecule has 2 aromatic heterocycles. The van der Waals surface area contributed by atoms with Crippen molar-refractivity contribution in [1.82, 2.24) is 14.8 Å². The summed E-state index contributed by atoms with van der Waals surface area (Å²) in [5, 5.41) is 14.2. The van der Waals surface area contributed by atoms with Gasteiger partial charge in [-0.05, 0) is 13.3 Å². The van der Waals surface area contributed by atoms with Crippen LogP contribution < -0.4 is 0 Å². The fraction of sp³-hybridized carbons (Fsp3) is 0.417. The molecule has 18 heavy (non-hydrogen) atoms. The van der Waals surface area contributed by atoms with Gasteiger partial charge in [0.05, 0.1) is 17.0 Å². The van der Waals surface area contributed by atoms with E-state index in [-0.39, 0.29) is 0 Å². The van der Waals surface area contributed by atoms with Gasteiger partial charge >= 0.3 is 5.97 Å². The highest BCUT2D eigenvalue weighted by Gasteiger charge is 2.19. The zero-order valence-electron chi connectivity index (χ0n) is 10.6. The second kappa shape index (κ2) is 4.89. The van der Waals surface area contributed by atoms with Crippen molar-refractivity contribution in [3.05, 3.63) is 22.5 Å². The third-order valence-electron chi connectivity index (χ3n) is 2.62. The normalized spacial score (nSPS) is 10.8. The van der Waals surface area contributed by atoms with E-state index in [1.165, 1.54) is 11.3 Å². The second-order valence-electron chi connectivity index (χ2n) is 4.15. The molecule has 0 aliphatic rings. The smallest absolute Gasteiger partial charge is 0.347 e. The molecule has 1 N–H and O–H groups in total. The van der Waals surface area contributed by atoms with Gasteiger partial charge in [-0.3, -0.25) is 4.68 Å². The van der Waals surface area contributed by atoms with Crippen molar-refractivity contribution in [2.75, 3.05) is 0 Å². The van der Waals surface area contributed by atoms with E-state index in [0.29, 0.717) is 17.0 Å². The van der Waals surface area contributed by atoms with Gasteiger partial charge in [0.15, 0.2) is 0 Å². The van der Waals surface area contributed by atoms with Crippen LogP contribution in [-0.4, -0.2) is 25.8 Å². The maximum atomic E-state index is 11.2. The highest BCUT2D eigenvalue weighted by atomic mass is 32.1. The van der Waals surface area contributed by atoms with E-state index < -0.39 is 5.97 Å². The summed E-state index contributed by atoms with van der Waals surface area (Å²) in [6, 6.07) is 0. The molecule has 6 heteroatoms. The lowest BCUT2D eigenvalue weighted by atomic mass is 10.2. The molecular formula is C12H15N3O2S. The van der Waals surface area contributed by atoms with Crippen LogP contribution in [0.3, 0.4) is 0 Å². The first-order chi connectivity index (χ1) is 8.52. The Balaban J connectivity index is 2.49. The molecule has 0 saturated carbocycles. The Labute approximate surface area is 109 Å². The molecule has 2 aromatic rings. The first-order valence-corrected chi connectivity index (χ1v) is 6.58. The number of carboxylic acid groups (broad SMARTS) is 1. The molecule has 0 bridgehead atoms. The van der Waals surface area contributed by atoms with Crippen molar-refractivity contribution in [3.63, 3.8) is 0 Å². The van der Waals surface area contributed by atoms with Crippen LogP contribution in [0.1, 0.15) is 34.4 Å². The molecular weight excluding hydrogens is 250 g/mol. The van der Waals surface area contributed by atoms with Crippen molar-refractivity contribution >= 4 is 17.3 Å². The Hall–Kier alpha value is -1.69. The number of hydrogen-bond acceptors (Lipinski definition) is 4. The van der Waals surface area contributed by atoms with Crippen LogP contribution in [0.5, 0.6) is 0 Å². The molecule has 2 heterocycles. The highest BCUT2D eigenvalue weighted by Crippen LogP contribution is 2.30. The molecule has 0 fully saturated rings. The largest absolute Gasteiger partial charge is 0.477 e. The molecule has 0 amide bonds. The monoisotopic (exact) mass is 265 g/mol. The third kappa shape index (κ3) is 2.28. The Morgan fingerprint density at radius 2 is 2.28 bits per heavy atom. The summed E-state index contributed by atoms with van der Waals surface area (Å²) >= 11 is 1.22. The van der Waals surface area contributed by atoms with Crippen LogP contribution in [0.25, 0.3) is 10.6 Å². The summed E-state index contributed by atoms with van der Waals surface area (Å²) in [7, 11) is 1.84. The van der Waals surface area contributed by atoms with Gasteiger partial charge in [-0.15, -0.1) is 11.3 Å². The van der Waals surface area contributed by atoms with Crippen molar-refractivity contribution in [1.29, 1.82) is 0 Å². The van der Waals surface area contributed by atoms with E-state index in [1.807, 2.05) is 27.1 Å². The fourth-order valence-electron chi connectivity index (χ4n) is 1.85. The van der Waals surface area contributed by atoms with Crippen molar-refractivity contribution in [2.45, 2.75) is 26.7 Å². The van der Waals surface area contributed by atoms with Crippen molar-refractivity contribution in [2.24, 2.45) is 7.05 Å². The van der Waals surface area contributed by atoms with E-state index in [9.17, 15) is 9.90 Å². The second-order valence-corrected chi connectivity index (χ2v) is 5.15. The Bertz CT molecular complexity index is 586. The summed E-state index contributed by atoms with van der Waals surface area (Å²) in [5.41, 5.74) is 2.45. The lowest BCUT2D eigenvalue weighted by Crippen LogP contribution is -1.98. The van der Waals surface area contributed by atoms with Crippen LogP contribution in [0.15, 0.2) is 6.20 Å². The Kier molecular flexibility index (Phi) is 3.47. The summed E-state index contributed by atoms with van der Waals surface area (Å²) in [6.07, 6.45) is 3.45. The lowest BCUT2D eigenvalue weighted by molar-refractivity contribution is 0.0700. The molecule has 0 saturated heterocycles. The molecule has 0 aliphatic heterocycles. The molecule has 0 aromatic carbocycles. The number of hydrogen-bond donors (Lipinski definition) is 1. The van der Waals surface area contributed by atoms with Gasteiger partial charge in [0.2, 0.25) is 0 Å². The minimum Gasteiger partial charge on any atom is -0.477 e. The van der Waals surface area contributed by atoms with E-state index in [2.05, 4.69) is 10.1 Å². The number of aryl methyl sites for hydroxylation is 3. The quantitative estimate of drug-likeness (QED) is 0.922. The highest BCUT2D eigenvalue weighted by molar-refractivity contribution is 7.17.